The van der Waals surface area contributed by atoms with E-state index in [0.29, 0.717) is 11.8 Å². The zero-order chi connectivity index (χ0) is 16.7. The van der Waals surface area contributed by atoms with E-state index in [4.69, 9.17) is 9.47 Å². The fraction of sp³-hybridized carbons (Fsp3) is 0.706. The van der Waals surface area contributed by atoms with Crippen molar-refractivity contribution in [1.29, 1.82) is 0 Å². The molecule has 1 saturated carbocycles. The van der Waals surface area contributed by atoms with E-state index in [0.717, 1.165) is 38.5 Å². The Bertz CT molecular complexity index is 498. The summed E-state index contributed by atoms with van der Waals surface area (Å²) in [5.74, 6) is 1.18. The maximum atomic E-state index is 12.2. The zero-order valence-electron chi connectivity index (χ0n) is 14.2. The highest BCUT2D eigenvalue weighted by molar-refractivity contribution is 5.78. The lowest BCUT2D eigenvalue weighted by Crippen LogP contribution is -2.42. The van der Waals surface area contributed by atoms with Crippen molar-refractivity contribution in [2.24, 2.45) is 5.92 Å². The molecule has 1 heterocycles. The van der Waals surface area contributed by atoms with Crippen molar-refractivity contribution in [1.82, 2.24) is 15.3 Å². The Morgan fingerprint density at radius 1 is 1.17 bits per heavy atom. The summed E-state index contributed by atoms with van der Waals surface area (Å²) in [6.07, 6.45) is 8.72. The second kappa shape index (κ2) is 8.70. The SMILES string of the molecule is CCC(CC)C(=O)NC1CCC(Oc2nccnc2OC)CC1. The van der Waals surface area contributed by atoms with Gasteiger partial charge < -0.3 is 14.8 Å². The fourth-order valence-electron chi connectivity index (χ4n) is 2.99. The van der Waals surface area contributed by atoms with Crippen LogP contribution >= 0.6 is 0 Å². The van der Waals surface area contributed by atoms with Crippen molar-refractivity contribution in [3.05, 3.63) is 12.4 Å². The molecule has 0 aromatic carbocycles. The first kappa shape index (κ1) is 17.5. The molecule has 0 bridgehead atoms. The number of carbonyl (C=O) groups excluding carboxylic acids is 1. The Labute approximate surface area is 138 Å². The van der Waals surface area contributed by atoms with Crippen LogP contribution in [0.15, 0.2) is 12.4 Å². The van der Waals surface area contributed by atoms with Gasteiger partial charge in [0, 0.05) is 24.4 Å². The van der Waals surface area contributed by atoms with Crippen LogP contribution in [0.1, 0.15) is 52.4 Å². The molecule has 0 spiro atoms. The van der Waals surface area contributed by atoms with E-state index in [-0.39, 0.29) is 24.0 Å². The van der Waals surface area contributed by atoms with Crippen molar-refractivity contribution >= 4 is 5.91 Å². The average Bonchev–Trinajstić information content (AvgIpc) is 2.58. The molecule has 0 unspecified atom stereocenters. The first-order chi connectivity index (χ1) is 11.2. The van der Waals surface area contributed by atoms with Crippen LogP contribution in [-0.4, -0.2) is 35.1 Å². The average molecular weight is 321 g/mol. The third-order valence-electron chi connectivity index (χ3n) is 4.48. The number of nitrogens with zero attached hydrogens (tertiary/aromatic N) is 2. The maximum absolute atomic E-state index is 12.2. The summed E-state index contributed by atoms with van der Waals surface area (Å²) < 4.78 is 11.1. The Kier molecular flexibility index (Phi) is 6.62. The van der Waals surface area contributed by atoms with E-state index in [1.807, 2.05) is 0 Å². The molecule has 1 fully saturated rings. The van der Waals surface area contributed by atoms with Gasteiger partial charge in [0.15, 0.2) is 0 Å². The van der Waals surface area contributed by atoms with E-state index in [1.54, 1.807) is 19.5 Å². The fourth-order valence-corrected chi connectivity index (χ4v) is 2.99. The maximum Gasteiger partial charge on any atom is 0.278 e. The van der Waals surface area contributed by atoms with Crippen molar-refractivity contribution < 1.29 is 14.3 Å². The summed E-state index contributed by atoms with van der Waals surface area (Å²) in [6.45, 7) is 4.12. The van der Waals surface area contributed by atoms with E-state index >= 15 is 0 Å². The van der Waals surface area contributed by atoms with Crippen LogP contribution in [-0.2, 0) is 4.79 Å². The molecule has 1 N–H and O–H groups in total. The molecule has 1 aromatic rings. The number of nitrogens with one attached hydrogen (secondary N) is 1. The third-order valence-corrected chi connectivity index (χ3v) is 4.48. The van der Waals surface area contributed by atoms with Gasteiger partial charge in [-0.2, -0.15) is 0 Å². The predicted octanol–water partition coefficient (Wildman–Crippen LogP) is 2.73. The molecule has 6 heteroatoms. The molecule has 0 aliphatic heterocycles. The Balaban J connectivity index is 1.81. The number of hydrogen-bond donors (Lipinski definition) is 1. The highest BCUT2D eigenvalue weighted by Crippen LogP contribution is 2.27. The van der Waals surface area contributed by atoms with Gasteiger partial charge in [-0.15, -0.1) is 0 Å². The summed E-state index contributed by atoms with van der Waals surface area (Å²) in [5, 5.41) is 3.18. The van der Waals surface area contributed by atoms with Crippen LogP contribution in [0.25, 0.3) is 0 Å². The third kappa shape index (κ3) is 4.81. The van der Waals surface area contributed by atoms with Crippen LogP contribution in [0.4, 0.5) is 0 Å². The first-order valence-electron chi connectivity index (χ1n) is 8.49. The highest BCUT2D eigenvalue weighted by atomic mass is 16.5. The largest absolute Gasteiger partial charge is 0.477 e. The molecule has 6 nitrogen and oxygen atoms in total. The second-order valence-corrected chi connectivity index (χ2v) is 5.98. The van der Waals surface area contributed by atoms with Crippen LogP contribution in [0.5, 0.6) is 11.8 Å². The van der Waals surface area contributed by atoms with Gasteiger partial charge in [0.1, 0.15) is 6.10 Å². The van der Waals surface area contributed by atoms with Gasteiger partial charge in [0.05, 0.1) is 7.11 Å². The minimum atomic E-state index is 0.0990. The van der Waals surface area contributed by atoms with Crippen molar-refractivity contribution in [2.75, 3.05) is 7.11 Å². The van der Waals surface area contributed by atoms with E-state index in [2.05, 4.69) is 29.1 Å². The predicted molar refractivity (Wildman–Crippen MR) is 87.5 cm³/mol. The van der Waals surface area contributed by atoms with Crippen LogP contribution < -0.4 is 14.8 Å². The smallest absolute Gasteiger partial charge is 0.278 e. The lowest BCUT2D eigenvalue weighted by atomic mass is 9.92. The minimum absolute atomic E-state index is 0.0990. The lowest BCUT2D eigenvalue weighted by molar-refractivity contribution is -0.126. The van der Waals surface area contributed by atoms with E-state index in [1.165, 1.54) is 0 Å². The number of amides is 1. The Hall–Kier alpha value is -1.85. The molecule has 128 valence electrons. The van der Waals surface area contributed by atoms with Crippen molar-refractivity contribution in [2.45, 2.75) is 64.5 Å². The minimum Gasteiger partial charge on any atom is -0.477 e. The molecule has 1 amide bonds. The topological polar surface area (TPSA) is 73.3 Å². The lowest BCUT2D eigenvalue weighted by Gasteiger charge is -2.30. The van der Waals surface area contributed by atoms with E-state index < -0.39 is 0 Å². The molecule has 0 radical (unpaired) electrons. The molecule has 2 rings (SSSR count). The van der Waals surface area contributed by atoms with Gasteiger partial charge in [-0.25, -0.2) is 9.97 Å². The van der Waals surface area contributed by atoms with Crippen LogP contribution in [0.3, 0.4) is 0 Å². The molecule has 0 atom stereocenters. The molecule has 1 aromatic heterocycles. The van der Waals surface area contributed by atoms with Gasteiger partial charge in [-0.05, 0) is 38.5 Å². The van der Waals surface area contributed by atoms with Gasteiger partial charge in [-0.3, -0.25) is 4.79 Å². The molecular weight excluding hydrogens is 294 g/mol. The number of methoxy groups -OCH3 is 1. The first-order valence-corrected chi connectivity index (χ1v) is 8.49. The van der Waals surface area contributed by atoms with Crippen molar-refractivity contribution in [3.63, 3.8) is 0 Å². The Morgan fingerprint density at radius 3 is 2.35 bits per heavy atom. The van der Waals surface area contributed by atoms with Crippen LogP contribution in [0, 0.1) is 5.92 Å². The second-order valence-electron chi connectivity index (χ2n) is 5.98. The molecule has 0 saturated heterocycles. The summed E-state index contributed by atoms with van der Waals surface area (Å²) in [5.41, 5.74) is 0. The van der Waals surface area contributed by atoms with E-state index in [9.17, 15) is 4.79 Å². The van der Waals surface area contributed by atoms with Crippen LogP contribution in [0.2, 0.25) is 0 Å². The highest BCUT2D eigenvalue weighted by Gasteiger charge is 2.26. The standard InChI is InChI=1S/C17H27N3O3/c1-4-12(5-2)15(21)20-13-6-8-14(9-7-13)23-17-16(22-3)18-10-11-19-17/h10-14H,4-9H2,1-3H3,(H,20,21). The summed E-state index contributed by atoms with van der Waals surface area (Å²) >= 11 is 0. The molecule has 1 aliphatic carbocycles. The number of ether oxygens (including phenoxy) is 2. The number of aromatic nitrogens is 2. The number of rotatable bonds is 7. The van der Waals surface area contributed by atoms with Gasteiger partial charge in [0.2, 0.25) is 5.91 Å². The summed E-state index contributed by atoms with van der Waals surface area (Å²) in [7, 11) is 1.56. The monoisotopic (exact) mass is 321 g/mol. The summed E-state index contributed by atoms with van der Waals surface area (Å²) in [4.78, 5) is 20.4. The van der Waals surface area contributed by atoms with Gasteiger partial charge >= 0.3 is 0 Å². The molecular formula is C17H27N3O3. The number of carbonyl (C=O) groups is 1. The quantitative estimate of drug-likeness (QED) is 0.836. The summed E-state index contributed by atoms with van der Waals surface area (Å²) in [6, 6.07) is 0.256. The molecule has 1 aliphatic rings. The molecule has 23 heavy (non-hydrogen) atoms. The Morgan fingerprint density at radius 2 is 1.78 bits per heavy atom. The van der Waals surface area contributed by atoms with Gasteiger partial charge in [0.25, 0.3) is 11.8 Å². The number of hydrogen-bond acceptors (Lipinski definition) is 5. The van der Waals surface area contributed by atoms with Crippen molar-refractivity contribution in [3.8, 4) is 11.8 Å². The van der Waals surface area contributed by atoms with Gasteiger partial charge in [-0.1, -0.05) is 13.8 Å². The zero-order valence-corrected chi connectivity index (χ0v) is 14.2. The normalized spacial score (nSPS) is 21.0.